The number of aromatic nitrogens is 2. The van der Waals surface area contributed by atoms with E-state index in [0.29, 0.717) is 25.6 Å². The highest BCUT2D eigenvalue weighted by Gasteiger charge is 2.20. The van der Waals surface area contributed by atoms with Crippen LogP contribution in [0.25, 0.3) is 0 Å². The molecule has 0 radical (unpaired) electrons. The minimum atomic E-state index is -0.166. The maximum atomic E-state index is 12.4. The lowest BCUT2D eigenvalue weighted by Crippen LogP contribution is -2.38. The Morgan fingerprint density at radius 1 is 1.42 bits per heavy atom. The summed E-state index contributed by atoms with van der Waals surface area (Å²) in [7, 11) is 0. The fourth-order valence-electron chi connectivity index (χ4n) is 2.12. The SMILES string of the molecule is CCOc1c(N2CCOCC2)cnn(C(C)C)c1=O. The monoisotopic (exact) mass is 267 g/mol. The summed E-state index contributed by atoms with van der Waals surface area (Å²) in [6.07, 6.45) is 1.72. The molecule has 19 heavy (non-hydrogen) atoms. The van der Waals surface area contributed by atoms with Crippen molar-refractivity contribution in [2.24, 2.45) is 0 Å². The normalized spacial score (nSPS) is 15.9. The second kappa shape index (κ2) is 6.06. The van der Waals surface area contributed by atoms with Crippen LogP contribution < -0.4 is 15.2 Å². The molecule has 0 N–H and O–H groups in total. The summed E-state index contributed by atoms with van der Waals surface area (Å²) in [5, 5.41) is 4.24. The minimum absolute atomic E-state index is 0.0189. The third-order valence-corrected chi connectivity index (χ3v) is 3.07. The van der Waals surface area contributed by atoms with E-state index in [0.717, 1.165) is 18.8 Å². The van der Waals surface area contributed by atoms with Crippen molar-refractivity contribution in [1.82, 2.24) is 9.78 Å². The van der Waals surface area contributed by atoms with Crippen LogP contribution >= 0.6 is 0 Å². The molecule has 0 aliphatic carbocycles. The van der Waals surface area contributed by atoms with Crippen molar-refractivity contribution in [2.75, 3.05) is 37.8 Å². The summed E-state index contributed by atoms with van der Waals surface area (Å²) in [4.78, 5) is 14.5. The fourth-order valence-corrected chi connectivity index (χ4v) is 2.12. The third-order valence-electron chi connectivity index (χ3n) is 3.07. The topological polar surface area (TPSA) is 56.6 Å². The lowest BCUT2D eigenvalue weighted by atomic mass is 10.3. The van der Waals surface area contributed by atoms with E-state index < -0.39 is 0 Å². The maximum absolute atomic E-state index is 12.4. The van der Waals surface area contributed by atoms with Gasteiger partial charge < -0.3 is 14.4 Å². The minimum Gasteiger partial charge on any atom is -0.487 e. The van der Waals surface area contributed by atoms with Gasteiger partial charge in [-0.2, -0.15) is 5.10 Å². The smallest absolute Gasteiger partial charge is 0.311 e. The van der Waals surface area contributed by atoms with Gasteiger partial charge >= 0.3 is 5.56 Å². The van der Waals surface area contributed by atoms with Crippen molar-refractivity contribution < 1.29 is 9.47 Å². The van der Waals surface area contributed by atoms with Crippen LogP contribution in [0.5, 0.6) is 5.75 Å². The number of nitrogens with zero attached hydrogens (tertiary/aromatic N) is 3. The first-order chi connectivity index (χ1) is 9.15. The van der Waals surface area contributed by atoms with Gasteiger partial charge in [-0.15, -0.1) is 0 Å². The summed E-state index contributed by atoms with van der Waals surface area (Å²) in [5.41, 5.74) is 0.605. The average Bonchev–Trinajstić information content (AvgIpc) is 2.41. The van der Waals surface area contributed by atoms with E-state index in [4.69, 9.17) is 9.47 Å². The highest BCUT2D eigenvalue weighted by Crippen LogP contribution is 2.24. The molecule has 0 atom stereocenters. The molecule has 1 aliphatic heterocycles. The molecule has 6 nitrogen and oxygen atoms in total. The molecule has 0 bridgehead atoms. The molecule has 2 rings (SSSR count). The van der Waals surface area contributed by atoms with Crippen LogP contribution in [0.2, 0.25) is 0 Å². The number of morpholine rings is 1. The summed E-state index contributed by atoms with van der Waals surface area (Å²) < 4.78 is 12.3. The maximum Gasteiger partial charge on any atom is 0.311 e. The summed E-state index contributed by atoms with van der Waals surface area (Å²) >= 11 is 0. The Balaban J connectivity index is 2.42. The van der Waals surface area contributed by atoms with E-state index in [-0.39, 0.29) is 11.6 Å². The average molecular weight is 267 g/mol. The molecule has 0 aromatic carbocycles. The van der Waals surface area contributed by atoms with Crippen LogP contribution in [0.1, 0.15) is 26.8 Å². The van der Waals surface area contributed by atoms with E-state index in [2.05, 4.69) is 10.00 Å². The molecule has 1 aromatic heterocycles. The second-order valence-electron chi connectivity index (χ2n) is 4.73. The Labute approximate surface area is 112 Å². The van der Waals surface area contributed by atoms with E-state index in [1.807, 2.05) is 20.8 Å². The van der Waals surface area contributed by atoms with Gasteiger partial charge in [0.05, 0.1) is 32.1 Å². The molecule has 106 valence electrons. The first-order valence-corrected chi connectivity index (χ1v) is 6.72. The van der Waals surface area contributed by atoms with Gasteiger partial charge in [-0.1, -0.05) is 0 Å². The molecular weight excluding hydrogens is 246 g/mol. The molecule has 2 heterocycles. The van der Waals surface area contributed by atoms with Crippen molar-refractivity contribution in [3.8, 4) is 5.75 Å². The van der Waals surface area contributed by atoms with Gasteiger partial charge in [-0.3, -0.25) is 4.79 Å². The van der Waals surface area contributed by atoms with Crippen molar-refractivity contribution in [1.29, 1.82) is 0 Å². The summed E-state index contributed by atoms with van der Waals surface area (Å²) in [6.45, 7) is 9.05. The Kier molecular flexibility index (Phi) is 4.42. The van der Waals surface area contributed by atoms with Crippen LogP contribution in [-0.2, 0) is 4.74 Å². The molecule has 1 fully saturated rings. The Morgan fingerprint density at radius 2 is 2.11 bits per heavy atom. The Hall–Kier alpha value is -1.56. The molecule has 1 saturated heterocycles. The summed E-state index contributed by atoms with van der Waals surface area (Å²) in [5.74, 6) is 0.396. The van der Waals surface area contributed by atoms with Crippen LogP contribution in [-0.4, -0.2) is 42.7 Å². The molecule has 1 aliphatic rings. The van der Waals surface area contributed by atoms with Crippen LogP contribution in [0, 0.1) is 0 Å². The first kappa shape index (κ1) is 13.9. The van der Waals surface area contributed by atoms with E-state index in [9.17, 15) is 4.79 Å². The molecule has 0 unspecified atom stereocenters. The first-order valence-electron chi connectivity index (χ1n) is 6.72. The largest absolute Gasteiger partial charge is 0.487 e. The highest BCUT2D eigenvalue weighted by molar-refractivity contribution is 5.56. The molecule has 0 saturated carbocycles. The number of rotatable bonds is 4. The van der Waals surface area contributed by atoms with E-state index >= 15 is 0 Å². The number of hydrogen-bond donors (Lipinski definition) is 0. The second-order valence-corrected chi connectivity index (χ2v) is 4.73. The third kappa shape index (κ3) is 2.89. The molecular formula is C13H21N3O3. The quantitative estimate of drug-likeness (QED) is 0.816. The Morgan fingerprint density at radius 3 is 2.68 bits per heavy atom. The number of anilines is 1. The Bertz CT molecular complexity index is 479. The molecule has 0 amide bonds. The van der Waals surface area contributed by atoms with Gasteiger partial charge in [-0.25, -0.2) is 4.68 Å². The van der Waals surface area contributed by atoms with Crippen molar-refractivity contribution in [3.63, 3.8) is 0 Å². The van der Waals surface area contributed by atoms with Gasteiger partial charge in [0.25, 0.3) is 0 Å². The summed E-state index contributed by atoms with van der Waals surface area (Å²) in [6, 6.07) is 0.0189. The molecule has 0 spiro atoms. The van der Waals surface area contributed by atoms with Crippen LogP contribution in [0.3, 0.4) is 0 Å². The zero-order chi connectivity index (χ0) is 13.8. The van der Waals surface area contributed by atoms with E-state index in [1.165, 1.54) is 4.68 Å². The zero-order valence-electron chi connectivity index (χ0n) is 11.8. The zero-order valence-corrected chi connectivity index (χ0v) is 11.8. The van der Waals surface area contributed by atoms with Gasteiger partial charge in [0.2, 0.25) is 5.75 Å². The van der Waals surface area contributed by atoms with Crippen molar-refractivity contribution >= 4 is 5.69 Å². The van der Waals surface area contributed by atoms with Crippen molar-refractivity contribution in [2.45, 2.75) is 26.8 Å². The lowest BCUT2D eigenvalue weighted by molar-refractivity contribution is 0.122. The highest BCUT2D eigenvalue weighted by atomic mass is 16.5. The van der Waals surface area contributed by atoms with Crippen LogP contribution in [0.4, 0.5) is 5.69 Å². The van der Waals surface area contributed by atoms with Gasteiger partial charge in [0.1, 0.15) is 5.69 Å². The van der Waals surface area contributed by atoms with Crippen LogP contribution in [0.15, 0.2) is 11.0 Å². The predicted molar refractivity (Wildman–Crippen MR) is 73.1 cm³/mol. The standard InChI is InChI=1S/C13H21N3O3/c1-4-19-12-11(15-5-7-18-8-6-15)9-14-16(10(2)3)13(12)17/h9-10H,4-8H2,1-3H3. The van der Waals surface area contributed by atoms with Gasteiger partial charge in [-0.05, 0) is 20.8 Å². The predicted octanol–water partition coefficient (Wildman–Crippen LogP) is 1.06. The van der Waals surface area contributed by atoms with Gasteiger partial charge in [0, 0.05) is 13.1 Å². The fraction of sp³-hybridized carbons (Fsp3) is 0.692. The molecule has 1 aromatic rings. The van der Waals surface area contributed by atoms with E-state index in [1.54, 1.807) is 6.20 Å². The lowest BCUT2D eigenvalue weighted by Gasteiger charge is -2.29. The van der Waals surface area contributed by atoms with Crippen molar-refractivity contribution in [3.05, 3.63) is 16.6 Å². The van der Waals surface area contributed by atoms with Gasteiger partial charge in [0.15, 0.2) is 0 Å². The number of ether oxygens (including phenoxy) is 2. The number of hydrogen-bond acceptors (Lipinski definition) is 5. The molecule has 6 heteroatoms.